The molecular weight excluding hydrogens is 399 g/mol. The molecule has 0 aliphatic carbocycles. The Kier molecular flexibility index (Phi) is 5.36. The molecule has 1 N–H and O–H groups in total. The zero-order valence-corrected chi connectivity index (χ0v) is 14.4. The van der Waals surface area contributed by atoms with Crippen LogP contribution in [0.2, 0.25) is 5.15 Å². The maximum atomic E-state index is 12.2. The summed E-state index contributed by atoms with van der Waals surface area (Å²) in [6.45, 7) is 3.85. The summed E-state index contributed by atoms with van der Waals surface area (Å²) in [7, 11) is 0. The van der Waals surface area contributed by atoms with E-state index >= 15 is 0 Å². The van der Waals surface area contributed by atoms with E-state index in [2.05, 4.69) is 36.0 Å². The summed E-state index contributed by atoms with van der Waals surface area (Å²) < 4.78 is 40.8. The van der Waals surface area contributed by atoms with Crippen LogP contribution >= 0.6 is 27.5 Å². The first-order valence-electron chi connectivity index (χ1n) is 6.51. The fraction of sp³-hybridized carbons (Fsp3) is 0.286. The van der Waals surface area contributed by atoms with E-state index in [0.29, 0.717) is 17.3 Å². The Bertz CT molecular complexity index is 710. The van der Waals surface area contributed by atoms with Crippen LogP contribution < -0.4 is 10.1 Å². The van der Waals surface area contributed by atoms with Gasteiger partial charge in [0.25, 0.3) is 0 Å². The molecule has 0 bridgehead atoms. The Morgan fingerprint density at radius 3 is 2.48 bits per heavy atom. The van der Waals surface area contributed by atoms with Crippen molar-refractivity contribution in [3.63, 3.8) is 0 Å². The number of hydrogen-bond acceptors (Lipinski definition) is 4. The molecule has 0 fully saturated rings. The molecule has 0 saturated heterocycles. The fourth-order valence-electron chi connectivity index (χ4n) is 1.69. The molecule has 2 aromatic rings. The third-order valence-corrected chi connectivity index (χ3v) is 3.47. The van der Waals surface area contributed by atoms with Crippen LogP contribution in [0.15, 0.2) is 28.7 Å². The normalized spacial score (nSPS) is 11.7. The smallest absolute Gasteiger partial charge is 0.405 e. The molecule has 124 valence electrons. The van der Waals surface area contributed by atoms with Crippen molar-refractivity contribution in [3.05, 3.63) is 39.7 Å². The second kappa shape index (κ2) is 6.92. The van der Waals surface area contributed by atoms with Gasteiger partial charge in [-0.1, -0.05) is 25.4 Å². The lowest BCUT2D eigenvalue weighted by molar-refractivity contribution is -0.274. The van der Waals surface area contributed by atoms with E-state index in [0.717, 1.165) is 0 Å². The summed E-state index contributed by atoms with van der Waals surface area (Å²) in [6, 6.07) is 5.62. The maximum absolute atomic E-state index is 12.2. The Morgan fingerprint density at radius 1 is 1.22 bits per heavy atom. The van der Waals surface area contributed by atoms with Gasteiger partial charge in [-0.2, -0.15) is 0 Å². The monoisotopic (exact) mass is 409 g/mol. The van der Waals surface area contributed by atoms with Gasteiger partial charge in [-0.15, -0.1) is 13.2 Å². The molecule has 0 spiro atoms. The minimum absolute atomic E-state index is 0.0866. The van der Waals surface area contributed by atoms with E-state index in [1.165, 1.54) is 24.3 Å². The maximum Gasteiger partial charge on any atom is 0.573 e. The topological polar surface area (TPSA) is 47.0 Å². The fourth-order valence-corrected chi connectivity index (χ4v) is 2.34. The van der Waals surface area contributed by atoms with E-state index in [9.17, 15) is 13.2 Å². The first-order valence-corrected chi connectivity index (χ1v) is 7.68. The number of aromatic nitrogens is 2. The van der Waals surface area contributed by atoms with Crippen LogP contribution in [0.1, 0.15) is 25.6 Å². The minimum atomic E-state index is -4.75. The number of alkyl halides is 3. The number of ether oxygens (including phenoxy) is 1. The molecule has 4 nitrogen and oxygen atoms in total. The van der Waals surface area contributed by atoms with Crippen LogP contribution in [0.3, 0.4) is 0 Å². The van der Waals surface area contributed by atoms with E-state index in [1.807, 2.05) is 13.8 Å². The number of nitrogens with one attached hydrogen (secondary N) is 1. The van der Waals surface area contributed by atoms with Crippen molar-refractivity contribution in [2.45, 2.75) is 26.1 Å². The Labute approximate surface area is 144 Å². The Hall–Kier alpha value is -1.54. The van der Waals surface area contributed by atoms with Crippen molar-refractivity contribution in [2.75, 3.05) is 5.32 Å². The average Bonchev–Trinajstić information content (AvgIpc) is 2.40. The SMILES string of the molecule is CC(C)c1nc(Cl)cc(Nc2ccc(OC(F)(F)F)c(Br)c2)n1. The molecule has 23 heavy (non-hydrogen) atoms. The summed E-state index contributed by atoms with van der Waals surface area (Å²) in [4.78, 5) is 8.41. The third kappa shape index (κ3) is 5.24. The van der Waals surface area contributed by atoms with Crippen LogP contribution in [-0.4, -0.2) is 16.3 Å². The van der Waals surface area contributed by atoms with Crippen LogP contribution in [-0.2, 0) is 0 Å². The molecule has 1 aromatic carbocycles. The predicted octanol–water partition coefficient (Wildman–Crippen LogP) is 5.66. The van der Waals surface area contributed by atoms with Crippen molar-refractivity contribution in [3.8, 4) is 5.75 Å². The number of hydrogen-bond donors (Lipinski definition) is 1. The van der Waals surface area contributed by atoms with Crippen LogP contribution in [0.4, 0.5) is 24.7 Å². The summed E-state index contributed by atoms with van der Waals surface area (Å²) in [6.07, 6.45) is -4.75. The second-order valence-electron chi connectivity index (χ2n) is 4.91. The quantitative estimate of drug-likeness (QED) is 0.661. The van der Waals surface area contributed by atoms with Gasteiger partial charge in [0.2, 0.25) is 0 Å². The highest BCUT2D eigenvalue weighted by Crippen LogP contribution is 2.33. The van der Waals surface area contributed by atoms with Gasteiger partial charge in [0.1, 0.15) is 22.5 Å². The van der Waals surface area contributed by atoms with Crippen molar-refractivity contribution in [2.24, 2.45) is 0 Å². The number of nitrogens with zero attached hydrogens (tertiary/aromatic N) is 2. The summed E-state index contributed by atoms with van der Waals surface area (Å²) in [5, 5.41) is 3.25. The molecule has 0 aliphatic rings. The average molecular weight is 411 g/mol. The second-order valence-corrected chi connectivity index (χ2v) is 6.15. The van der Waals surface area contributed by atoms with E-state index in [4.69, 9.17) is 11.6 Å². The van der Waals surface area contributed by atoms with Gasteiger partial charge >= 0.3 is 6.36 Å². The van der Waals surface area contributed by atoms with Crippen molar-refractivity contribution in [1.82, 2.24) is 9.97 Å². The molecule has 0 unspecified atom stereocenters. The van der Waals surface area contributed by atoms with Crippen molar-refractivity contribution < 1.29 is 17.9 Å². The summed E-state index contributed by atoms with van der Waals surface area (Å²) in [5.41, 5.74) is 0.524. The lowest BCUT2D eigenvalue weighted by Crippen LogP contribution is -2.17. The van der Waals surface area contributed by atoms with Gasteiger partial charge in [-0.3, -0.25) is 0 Å². The largest absolute Gasteiger partial charge is 0.573 e. The van der Waals surface area contributed by atoms with Gasteiger partial charge in [0.05, 0.1) is 4.47 Å². The zero-order valence-electron chi connectivity index (χ0n) is 12.1. The van der Waals surface area contributed by atoms with Gasteiger partial charge in [-0.05, 0) is 34.1 Å². The molecule has 0 aliphatic heterocycles. The van der Waals surface area contributed by atoms with Gasteiger partial charge < -0.3 is 10.1 Å². The molecule has 1 heterocycles. The lowest BCUT2D eigenvalue weighted by atomic mass is 10.2. The van der Waals surface area contributed by atoms with Crippen LogP contribution in [0, 0.1) is 0 Å². The molecule has 9 heteroatoms. The highest BCUT2D eigenvalue weighted by Gasteiger charge is 2.31. The number of halogens is 5. The van der Waals surface area contributed by atoms with Crippen LogP contribution in [0.25, 0.3) is 0 Å². The zero-order chi connectivity index (χ0) is 17.2. The van der Waals surface area contributed by atoms with Crippen LogP contribution in [0.5, 0.6) is 5.75 Å². The van der Waals surface area contributed by atoms with Crippen molar-refractivity contribution >= 4 is 39.0 Å². The van der Waals surface area contributed by atoms with Gasteiger partial charge in [0, 0.05) is 17.7 Å². The van der Waals surface area contributed by atoms with E-state index in [-0.39, 0.29) is 21.3 Å². The predicted molar refractivity (Wildman–Crippen MR) is 85.2 cm³/mol. The first-order chi connectivity index (χ1) is 10.6. The Balaban J connectivity index is 2.23. The highest BCUT2D eigenvalue weighted by atomic mass is 79.9. The van der Waals surface area contributed by atoms with E-state index < -0.39 is 6.36 Å². The Morgan fingerprint density at radius 2 is 1.91 bits per heavy atom. The van der Waals surface area contributed by atoms with Gasteiger partial charge in [0.15, 0.2) is 0 Å². The molecule has 1 aromatic heterocycles. The highest BCUT2D eigenvalue weighted by molar-refractivity contribution is 9.10. The molecule has 0 radical (unpaired) electrons. The molecule has 2 rings (SSSR count). The summed E-state index contributed by atoms with van der Waals surface area (Å²) in [5.74, 6) is 0.774. The molecule has 0 saturated carbocycles. The van der Waals surface area contributed by atoms with Crippen molar-refractivity contribution in [1.29, 1.82) is 0 Å². The van der Waals surface area contributed by atoms with Gasteiger partial charge in [-0.25, -0.2) is 9.97 Å². The van der Waals surface area contributed by atoms with E-state index in [1.54, 1.807) is 0 Å². The lowest BCUT2D eigenvalue weighted by Gasteiger charge is -2.13. The third-order valence-electron chi connectivity index (χ3n) is 2.66. The summed E-state index contributed by atoms with van der Waals surface area (Å²) >= 11 is 8.99. The number of anilines is 2. The minimum Gasteiger partial charge on any atom is -0.405 e. The molecule has 0 amide bonds. The first kappa shape index (κ1) is 17.8. The molecular formula is C14H12BrClF3N3O. The standard InChI is InChI=1S/C14H12BrClF3N3O/c1-7(2)13-21-11(16)6-12(22-13)20-8-3-4-10(9(15)5-8)23-14(17,18)19/h3-7H,1-2H3,(H,20,21,22). The molecule has 0 atom stereocenters. The number of rotatable bonds is 4. The number of benzene rings is 1.